The highest BCUT2D eigenvalue weighted by atomic mass is 15.2. The summed E-state index contributed by atoms with van der Waals surface area (Å²) in [6.45, 7) is 1.89. The SMILES string of the molecule is Cc1nc(C(N)C2CC2)n[nH]1. The van der Waals surface area contributed by atoms with E-state index in [0.717, 1.165) is 11.6 Å². The third-order valence-electron chi connectivity index (χ3n) is 2.04. The molecule has 1 saturated carbocycles. The van der Waals surface area contributed by atoms with Gasteiger partial charge in [-0.2, -0.15) is 5.10 Å². The summed E-state index contributed by atoms with van der Waals surface area (Å²) in [4.78, 5) is 4.18. The molecule has 1 atom stereocenters. The Morgan fingerprint density at radius 3 is 2.82 bits per heavy atom. The van der Waals surface area contributed by atoms with Gasteiger partial charge >= 0.3 is 0 Å². The predicted octanol–water partition coefficient (Wildman–Crippen LogP) is 0.523. The van der Waals surface area contributed by atoms with Gasteiger partial charge in [0.2, 0.25) is 0 Å². The smallest absolute Gasteiger partial charge is 0.167 e. The van der Waals surface area contributed by atoms with Gasteiger partial charge in [0.1, 0.15) is 5.82 Å². The van der Waals surface area contributed by atoms with Crippen LogP contribution in [-0.2, 0) is 0 Å². The highest BCUT2D eigenvalue weighted by Crippen LogP contribution is 2.38. The summed E-state index contributed by atoms with van der Waals surface area (Å²) in [5, 5.41) is 6.81. The van der Waals surface area contributed by atoms with E-state index in [1.165, 1.54) is 12.8 Å². The van der Waals surface area contributed by atoms with E-state index < -0.39 is 0 Å². The summed E-state index contributed by atoms with van der Waals surface area (Å²) in [5.74, 6) is 2.24. The number of nitrogens with one attached hydrogen (secondary N) is 1. The summed E-state index contributed by atoms with van der Waals surface area (Å²) < 4.78 is 0. The van der Waals surface area contributed by atoms with Crippen molar-refractivity contribution in [3.05, 3.63) is 11.6 Å². The van der Waals surface area contributed by atoms with E-state index in [4.69, 9.17) is 5.73 Å². The van der Waals surface area contributed by atoms with Crippen LogP contribution in [0.3, 0.4) is 0 Å². The fourth-order valence-corrected chi connectivity index (χ4v) is 1.18. The van der Waals surface area contributed by atoms with Crippen LogP contribution in [0.15, 0.2) is 0 Å². The Morgan fingerprint density at radius 2 is 2.36 bits per heavy atom. The van der Waals surface area contributed by atoms with Crippen molar-refractivity contribution < 1.29 is 0 Å². The Kier molecular flexibility index (Phi) is 1.42. The molecule has 0 amide bonds. The van der Waals surface area contributed by atoms with E-state index in [0.29, 0.717) is 5.92 Å². The lowest BCUT2D eigenvalue weighted by Crippen LogP contribution is -2.14. The van der Waals surface area contributed by atoms with E-state index in [2.05, 4.69) is 15.2 Å². The zero-order chi connectivity index (χ0) is 7.84. The Labute approximate surface area is 65.2 Å². The number of nitrogens with zero attached hydrogens (tertiary/aromatic N) is 2. The zero-order valence-corrected chi connectivity index (χ0v) is 6.54. The topological polar surface area (TPSA) is 67.6 Å². The Hall–Kier alpha value is -0.900. The molecule has 1 fully saturated rings. The molecular weight excluding hydrogens is 140 g/mol. The summed E-state index contributed by atoms with van der Waals surface area (Å²) >= 11 is 0. The van der Waals surface area contributed by atoms with E-state index in [1.807, 2.05) is 6.92 Å². The van der Waals surface area contributed by atoms with Crippen molar-refractivity contribution in [3.8, 4) is 0 Å². The maximum Gasteiger partial charge on any atom is 0.167 e. The van der Waals surface area contributed by atoms with Crippen LogP contribution in [0.4, 0.5) is 0 Å². The molecule has 0 saturated heterocycles. The molecule has 1 heterocycles. The number of aromatic amines is 1. The summed E-state index contributed by atoms with van der Waals surface area (Å²) in [5.41, 5.74) is 5.87. The minimum Gasteiger partial charge on any atom is -0.321 e. The van der Waals surface area contributed by atoms with Gasteiger partial charge in [-0.25, -0.2) is 4.98 Å². The normalized spacial score (nSPS) is 20.2. The lowest BCUT2D eigenvalue weighted by molar-refractivity contribution is 0.596. The van der Waals surface area contributed by atoms with Crippen molar-refractivity contribution >= 4 is 0 Å². The quantitative estimate of drug-likeness (QED) is 0.649. The highest BCUT2D eigenvalue weighted by Gasteiger charge is 2.31. The summed E-state index contributed by atoms with van der Waals surface area (Å²) in [7, 11) is 0. The molecule has 1 aromatic heterocycles. The van der Waals surface area contributed by atoms with E-state index in [9.17, 15) is 0 Å². The molecule has 4 nitrogen and oxygen atoms in total. The Morgan fingerprint density at radius 1 is 1.64 bits per heavy atom. The number of hydrogen-bond donors (Lipinski definition) is 2. The second-order valence-corrected chi connectivity index (χ2v) is 3.14. The molecule has 11 heavy (non-hydrogen) atoms. The van der Waals surface area contributed by atoms with Gasteiger partial charge in [-0.05, 0) is 25.7 Å². The van der Waals surface area contributed by atoms with Crippen LogP contribution in [0.25, 0.3) is 0 Å². The van der Waals surface area contributed by atoms with E-state index in [1.54, 1.807) is 0 Å². The first-order valence-corrected chi connectivity index (χ1v) is 3.92. The van der Waals surface area contributed by atoms with Crippen LogP contribution in [0, 0.1) is 12.8 Å². The van der Waals surface area contributed by atoms with Crippen LogP contribution >= 0.6 is 0 Å². The average Bonchev–Trinajstić information content (AvgIpc) is 2.74. The van der Waals surface area contributed by atoms with Gasteiger partial charge in [0.25, 0.3) is 0 Å². The maximum atomic E-state index is 5.87. The number of aromatic nitrogens is 3. The highest BCUT2D eigenvalue weighted by molar-refractivity contribution is 5.00. The van der Waals surface area contributed by atoms with Crippen LogP contribution in [0.5, 0.6) is 0 Å². The zero-order valence-electron chi connectivity index (χ0n) is 6.54. The lowest BCUT2D eigenvalue weighted by atomic mass is 10.2. The average molecular weight is 152 g/mol. The van der Waals surface area contributed by atoms with E-state index in [-0.39, 0.29) is 6.04 Å². The molecule has 1 aliphatic rings. The molecular formula is C7H12N4. The fraction of sp³-hybridized carbons (Fsp3) is 0.714. The molecule has 0 radical (unpaired) electrons. The Bertz CT molecular complexity index is 251. The van der Waals surface area contributed by atoms with Crippen LogP contribution < -0.4 is 5.73 Å². The van der Waals surface area contributed by atoms with Gasteiger partial charge in [-0.1, -0.05) is 0 Å². The van der Waals surface area contributed by atoms with Crippen molar-refractivity contribution in [2.75, 3.05) is 0 Å². The van der Waals surface area contributed by atoms with Gasteiger partial charge in [0.15, 0.2) is 5.82 Å². The number of nitrogens with two attached hydrogens (primary N) is 1. The minimum atomic E-state index is 0.0555. The fourth-order valence-electron chi connectivity index (χ4n) is 1.18. The van der Waals surface area contributed by atoms with Crippen LogP contribution in [0.1, 0.15) is 30.5 Å². The van der Waals surface area contributed by atoms with Crippen molar-refractivity contribution in [1.29, 1.82) is 0 Å². The second-order valence-electron chi connectivity index (χ2n) is 3.14. The van der Waals surface area contributed by atoms with Gasteiger partial charge in [-0.3, -0.25) is 5.10 Å². The third kappa shape index (κ3) is 1.26. The molecule has 1 unspecified atom stereocenters. The van der Waals surface area contributed by atoms with Gasteiger partial charge in [0, 0.05) is 0 Å². The van der Waals surface area contributed by atoms with Crippen molar-refractivity contribution in [1.82, 2.24) is 15.2 Å². The molecule has 3 N–H and O–H groups in total. The molecule has 0 spiro atoms. The molecule has 1 aromatic rings. The summed E-state index contributed by atoms with van der Waals surface area (Å²) in [6, 6.07) is 0.0555. The lowest BCUT2D eigenvalue weighted by Gasteiger charge is -2.02. The molecule has 2 rings (SSSR count). The van der Waals surface area contributed by atoms with Crippen molar-refractivity contribution in [3.63, 3.8) is 0 Å². The molecule has 60 valence electrons. The molecule has 4 heteroatoms. The van der Waals surface area contributed by atoms with Crippen LogP contribution in [0.2, 0.25) is 0 Å². The molecule has 1 aliphatic carbocycles. The number of rotatable bonds is 2. The number of H-pyrrole nitrogens is 1. The minimum absolute atomic E-state index is 0.0555. The Balaban J connectivity index is 2.14. The largest absolute Gasteiger partial charge is 0.321 e. The van der Waals surface area contributed by atoms with E-state index >= 15 is 0 Å². The molecule has 0 bridgehead atoms. The second kappa shape index (κ2) is 2.30. The van der Waals surface area contributed by atoms with Crippen molar-refractivity contribution in [2.24, 2.45) is 11.7 Å². The molecule has 0 aliphatic heterocycles. The first-order chi connectivity index (χ1) is 5.27. The monoisotopic (exact) mass is 152 g/mol. The molecule has 0 aromatic carbocycles. The first-order valence-electron chi connectivity index (χ1n) is 3.92. The number of hydrogen-bond acceptors (Lipinski definition) is 3. The maximum absolute atomic E-state index is 5.87. The van der Waals surface area contributed by atoms with Crippen molar-refractivity contribution in [2.45, 2.75) is 25.8 Å². The first kappa shape index (κ1) is 6.79. The van der Waals surface area contributed by atoms with Crippen LogP contribution in [-0.4, -0.2) is 15.2 Å². The predicted molar refractivity (Wildman–Crippen MR) is 40.8 cm³/mol. The standard InChI is InChI=1S/C7H12N4/c1-4-9-7(11-10-4)6(8)5-2-3-5/h5-6H,2-3,8H2,1H3,(H,9,10,11). The van der Waals surface area contributed by atoms with Gasteiger partial charge in [0.05, 0.1) is 6.04 Å². The van der Waals surface area contributed by atoms with Gasteiger partial charge < -0.3 is 5.73 Å². The third-order valence-corrected chi connectivity index (χ3v) is 2.04. The summed E-state index contributed by atoms with van der Waals surface area (Å²) in [6.07, 6.45) is 2.46. The number of aryl methyl sites for hydroxylation is 1. The van der Waals surface area contributed by atoms with Gasteiger partial charge in [-0.15, -0.1) is 0 Å².